The van der Waals surface area contributed by atoms with Crippen LogP contribution in [-0.2, 0) is 4.74 Å². The van der Waals surface area contributed by atoms with Gasteiger partial charge in [-0.1, -0.05) is 24.3 Å². The molecule has 0 aliphatic carbocycles. The van der Waals surface area contributed by atoms with E-state index in [-0.39, 0.29) is 6.04 Å². The van der Waals surface area contributed by atoms with E-state index in [0.29, 0.717) is 12.6 Å². The van der Waals surface area contributed by atoms with Gasteiger partial charge in [0, 0.05) is 38.1 Å². The third-order valence-corrected chi connectivity index (χ3v) is 4.77. The van der Waals surface area contributed by atoms with Crippen molar-refractivity contribution in [1.82, 2.24) is 10.3 Å². The van der Waals surface area contributed by atoms with Gasteiger partial charge in [0.25, 0.3) is 0 Å². The van der Waals surface area contributed by atoms with E-state index >= 15 is 0 Å². The highest BCUT2D eigenvalue weighted by Gasteiger charge is 2.23. The van der Waals surface area contributed by atoms with E-state index in [1.54, 1.807) is 7.11 Å². The summed E-state index contributed by atoms with van der Waals surface area (Å²) in [6, 6.07) is 15.4. The zero-order valence-electron chi connectivity index (χ0n) is 14.6. The standard InChI is InChI=1S/C20H27N3O/c1-16-7-3-4-9-20(16)23-13-10-17(11-14-23)22-19(15-24-2)18-8-5-6-12-21-18/h3-9,12,17,19,22H,10-11,13-15H2,1-2H3/t19-/m1/s1. The Kier molecular flexibility index (Phi) is 5.83. The zero-order valence-corrected chi connectivity index (χ0v) is 14.6. The number of para-hydroxylation sites is 1. The van der Waals surface area contributed by atoms with E-state index in [2.05, 4.69) is 52.5 Å². The van der Waals surface area contributed by atoms with Crippen LogP contribution in [0.25, 0.3) is 0 Å². The summed E-state index contributed by atoms with van der Waals surface area (Å²) in [5.41, 5.74) is 3.78. The molecule has 1 N–H and O–H groups in total. The zero-order chi connectivity index (χ0) is 16.8. The Morgan fingerprint density at radius 2 is 1.92 bits per heavy atom. The molecule has 24 heavy (non-hydrogen) atoms. The van der Waals surface area contributed by atoms with E-state index in [4.69, 9.17) is 4.74 Å². The van der Waals surface area contributed by atoms with Gasteiger partial charge in [-0.3, -0.25) is 4.98 Å². The van der Waals surface area contributed by atoms with Gasteiger partial charge in [0.1, 0.15) is 0 Å². The molecular weight excluding hydrogens is 298 g/mol. The highest BCUT2D eigenvalue weighted by atomic mass is 16.5. The maximum Gasteiger partial charge on any atom is 0.0734 e. The lowest BCUT2D eigenvalue weighted by atomic mass is 10.0. The van der Waals surface area contributed by atoms with Gasteiger partial charge in [0.15, 0.2) is 0 Å². The number of nitrogens with zero attached hydrogens (tertiary/aromatic N) is 2. The number of nitrogens with one attached hydrogen (secondary N) is 1. The van der Waals surface area contributed by atoms with Crippen LogP contribution in [0.15, 0.2) is 48.7 Å². The Balaban J connectivity index is 1.59. The van der Waals surface area contributed by atoms with Crippen LogP contribution in [-0.4, -0.2) is 37.8 Å². The Morgan fingerprint density at radius 3 is 2.58 bits per heavy atom. The van der Waals surface area contributed by atoms with Crippen LogP contribution in [0, 0.1) is 6.92 Å². The first-order chi connectivity index (χ1) is 11.8. The van der Waals surface area contributed by atoms with Gasteiger partial charge in [0.05, 0.1) is 18.3 Å². The van der Waals surface area contributed by atoms with Gasteiger partial charge in [-0.2, -0.15) is 0 Å². The topological polar surface area (TPSA) is 37.4 Å². The van der Waals surface area contributed by atoms with Gasteiger partial charge >= 0.3 is 0 Å². The molecule has 0 radical (unpaired) electrons. The second kappa shape index (κ2) is 8.27. The van der Waals surface area contributed by atoms with Gasteiger partial charge in [-0.05, 0) is 43.5 Å². The van der Waals surface area contributed by atoms with E-state index in [1.165, 1.54) is 11.3 Å². The summed E-state index contributed by atoms with van der Waals surface area (Å²) in [6.07, 6.45) is 4.13. The number of hydrogen-bond donors (Lipinski definition) is 1. The summed E-state index contributed by atoms with van der Waals surface area (Å²) in [5, 5.41) is 3.75. The van der Waals surface area contributed by atoms with Crippen LogP contribution < -0.4 is 10.2 Å². The minimum Gasteiger partial charge on any atom is -0.383 e. The van der Waals surface area contributed by atoms with Crippen LogP contribution in [0.5, 0.6) is 0 Å². The third kappa shape index (κ3) is 4.13. The second-order valence-corrected chi connectivity index (χ2v) is 6.48. The summed E-state index contributed by atoms with van der Waals surface area (Å²) < 4.78 is 5.39. The molecule has 3 rings (SSSR count). The molecule has 0 saturated carbocycles. The lowest BCUT2D eigenvalue weighted by Crippen LogP contribution is -2.44. The Hall–Kier alpha value is -1.91. The van der Waals surface area contributed by atoms with Crippen molar-refractivity contribution in [2.75, 3.05) is 31.7 Å². The number of piperidine rings is 1. The Bertz CT molecular complexity index is 624. The molecule has 0 spiro atoms. The number of anilines is 1. The molecular formula is C20H27N3O. The molecule has 1 saturated heterocycles. The maximum absolute atomic E-state index is 5.39. The molecule has 0 amide bonds. The van der Waals surface area contributed by atoms with Crippen molar-refractivity contribution in [3.05, 3.63) is 59.9 Å². The Morgan fingerprint density at radius 1 is 1.17 bits per heavy atom. The van der Waals surface area contributed by atoms with E-state index in [1.807, 2.05) is 18.3 Å². The molecule has 1 atom stereocenters. The lowest BCUT2D eigenvalue weighted by Gasteiger charge is -2.36. The summed E-state index contributed by atoms with van der Waals surface area (Å²) in [6.45, 7) is 5.01. The molecule has 1 aromatic carbocycles. The molecule has 0 bridgehead atoms. The molecule has 4 nitrogen and oxygen atoms in total. The monoisotopic (exact) mass is 325 g/mol. The minimum absolute atomic E-state index is 0.159. The molecule has 2 heterocycles. The maximum atomic E-state index is 5.39. The van der Waals surface area contributed by atoms with E-state index in [9.17, 15) is 0 Å². The van der Waals surface area contributed by atoms with Crippen LogP contribution >= 0.6 is 0 Å². The van der Waals surface area contributed by atoms with Crippen LogP contribution in [0.4, 0.5) is 5.69 Å². The quantitative estimate of drug-likeness (QED) is 0.884. The molecule has 1 aliphatic rings. The molecule has 4 heteroatoms. The SMILES string of the molecule is COC[C@@H](NC1CCN(c2ccccc2C)CC1)c1ccccn1. The molecule has 128 valence electrons. The van der Waals surface area contributed by atoms with Gasteiger partial charge in [-0.15, -0.1) is 0 Å². The summed E-state index contributed by atoms with van der Waals surface area (Å²) in [4.78, 5) is 6.98. The van der Waals surface area contributed by atoms with Gasteiger partial charge < -0.3 is 15.0 Å². The number of rotatable bonds is 6. The molecule has 0 unspecified atom stereocenters. The first-order valence-corrected chi connectivity index (χ1v) is 8.74. The summed E-state index contributed by atoms with van der Waals surface area (Å²) in [5.74, 6) is 0. The third-order valence-electron chi connectivity index (χ3n) is 4.77. The smallest absolute Gasteiger partial charge is 0.0734 e. The fourth-order valence-corrected chi connectivity index (χ4v) is 3.46. The number of pyridine rings is 1. The Labute approximate surface area is 144 Å². The minimum atomic E-state index is 0.159. The van der Waals surface area contributed by atoms with Crippen molar-refractivity contribution in [3.8, 4) is 0 Å². The van der Waals surface area contributed by atoms with Gasteiger partial charge in [0.2, 0.25) is 0 Å². The average Bonchev–Trinajstić information content (AvgIpc) is 2.63. The normalized spacial score (nSPS) is 17.0. The van der Waals surface area contributed by atoms with Crippen molar-refractivity contribution in [2.24, 2.45) is 0 Å². The van der Waals surface area contributed by atoms with Crippen LogP contribution in [0.3, 0.4) is 0 Å². The van der Waals surface area contributed by atoms with Crippen LogP contribution in [0.1, 0.15) is 30.1 Å². The molecule has 1 fully saturated rings. The first kappa shape index (κ1) is 16.9. The first-order valence-electron chi connectivity index (χ1n) is 8.74. The predicted octanol–water partition coefficient (Wildman–Crippen LogP) is 3.34. The van der Waals surface area contributed by atoms with Crippen molar-refractivity contribution >= 4 is 5.69 Å². The largest absolute Gasteiger partial charge is 0.383 e. The van der Waals surface area contributed by atoms with E-state index < -0.39 is 0 Å². The average molecular weight is 325 g/mol. The predicted molar refractivity (Wildman–Crippen MR) is 98.4 cm³/mol. The van der Waals surface area contributed by atoms with E-state index in [0.717, 1.165) is 31.6 Å². The highest BCUT2D eigenvalue weighted by Crippen LogP contribution is 2.24. The number of ether oxygens (including phenoxy) is 1. The molecule has 1 aromatic heterocycles. The van der Waals surface area contributed by atoms with Crippen molar-refractivity contribution < 1.29 is 4.74 Å². The number of methoxy groups -OCH3 is 1. The summed E-state index contributed by atoms with van der Waals surface area (Å²) >= 11 is 0. The number of aryl methyl sites for hydroxylation is 1. The molecule has 1 aliphatic heterocycles. The number of benzene rings is 1. The van der Waals surface area contributed by atoms with Crippen LogP contribution in [0.2, 0.25) is 0 Å². The van der Waals surface area contributed by atoms with Crippen molar-refractivity contribution in [1.29, 1.82) is 0 Å². The summed E-state index contributed by atoms with van der Waals surface area (Å²) in [7, 11) is 1.75. The second-order valence-electron chi connectivity index (χ2n) is 6.48. The number of aromatic nitrogens is 1. The molecule has 2 aromatic rings. The fourth-order valence-electron chi connectivity index (χ4n) is 3.46. The van der Waals surface area contributed by atoms with Crippen molar-refractivity contribution in [3.63, 3.8) is 0 Å². The number of hydrogen-bond acceptors (Lipinski definition) is 4. The van der Waals surface area contributed by atoms with Crippen molar-refractivity contribution in [2.45, 2.75) is 31.8 Å². The lowest BCUT2D eigenvalue weighted by molar-refractivity contribution is 0.156. The highest BCUT2D eigenvalue weighted by molar-refractivity contribution is 5.53. The fraction of sp³-hybridized carbons (Fsp3) is 0.450. The van der Waals surface area contributed by atoms with Gasteiger partial charge in [-0.25, -0.2) is 0 Å².